The number of carbonyl (C=O) groups excluding carboxylic acids is 1. The minimum Gasteiger partial charge on any atom is -0.505 e. The van der Waals surface area contributed by atoms with Crippen molar-refractivity contribution in [2.75, 3.05) is 16.6 Å². The van der Waals surface area contributed by atoms with E-state index in [0.29, 0.717) is 33.8 Å². The largest absolute Gasteiger partial charge is 0.505 e. The first-order valence-corrected chi connectivity index (χ1v) is 11.8. The molecule has 1 aliphatic heterocycles. The summed E-state index contributed by atoms with van der Waals surface area (Å²) in [6.07, 6.45) is 2.62. The topological polar surface area (TPSA) is 112 Å². The Balaban J connectivity index is 1.77. The highest BCUT2D eigenvalue weighted by molar-refractivity contribution is 7.92. The first kappa shape index (κ1) is 21.6. The molecule has 11 heteroatoms. The van der Waals surface area contributed by atoms with E-state index in [2.05, 4.69) is 15.5 Å². The zero-order valence-electron chi connectivity index (χ0n) is 16.2. The molecule has 2 aromatic carbocycles. The Labute approximate surface area is 188 Å². The van der Waals surface area contributed by atoms with Crippen molar-refractivity contribution in [3.63, 3.8) is 0 Å². The van der Waals surface area contributed by atoms with E-state index in [0.717, 1.165) is 0 Å². The Morgan fingerprint density at radius 2 is 1.90 bits per heavy atom. The molecule has 4 rings (SSSR count). The summed E-state index contributed by atoms with van der Waals surface area (Å²) >= 11 is 12.0. The van der Waals surface area contributed by atoms with Gasteiger partial charge in [0.15, 0.2) is 5.75 Å². The number of aromatic nitrogens is 2. The molecule has 0 bridgehead atoms. The van der Waals surface area contributed by atoms with Crippen LogP contribution in [0.2, 0.25) is 10.0 Å². The fourth-order valence-corrected chi connectivity index (χ4v) is 5.78. The minimum atomic E-state index is -3.63. The number of aromatic hydroxyl groups is 1. The van der Waals surface area contributed by atoms with E-state index in [4.69, 9.17) is 23.2 Å². The van der Waals surface area contributed by atoms with Gasteiger partial charge in [-0.1, -0.05) is 23.2 Å². The van der Waals surface area contributed by atoms with Gasteiger partial charge in [-0.25, -0.2) is 8.42 Å². The van der Waals surface area contributed by atoms with Gasteiger partial charge in [0.2, 0.25) is 10.0 Å². The lowest BCUT2D eigenvalue weighted by molar-refractivity contribution is 0.0949. The van der Waals surface area contributed by atoms with Crippen LogP contribution < -0.4 is 9.62 Å². The van der Waals surface area contributed by atoms with Crippen LogP contribution >= 0.6 is 23.2 Å². The molecule has 2 heterocycles. The van der Waals surface area contributed by atoms with Gasteiger partial charge in [0, 0.05) is 28.5 Å². The lowest BCUT2D eigenvalue weighted by atomic mass is 10.1. The first-order valence-electron chi connectivity index (χ1n) is 9.47. The Kier molecular flexibility index (Phi) is 5.92. The van der Waals surface area contributed by atoms with Crippen LogP contribution in [-0.2, 0) is 16.6 Å². The van der Waals surface area contributed by atoms with E-state index in [-0.39, 0.29) is 35.6 Å². The normalized spacial score (nSPS) is 15.7. The molecule has 2 N–H and O–H groups in total. The summed E-state index contributed by atoms with van der Waals surface area (Å²) in [5, 5.41) is 22.5. The molecule has 1 aromatic heterocycles. The number of sulfonamides is 1. The monoisotopic (exact) mass is 480 g/mol. The summed E-state index contributed by atoms with van der Waals surface area (Å²) in [4.78, 5) is 13.1. The third-order valence-corrected chi connectivity index (χ3v) is 7.27. The molecule has 0 radical (unpaired) electrons. The zero-order chi connectivity index (χ0) is 22.2. The van der Waals surface area contributed by atoms with Gasteiger partial charge in [-0.05, 0) is 48.7 Å². The maximum absolute atomic E-state index is 13.1. The van der Waals surface area contributed by atoms with Crippen LogP contribution in [0.3, 0.4) is 0 Å². The van der Waals surface area contributed by atoms with Crippen molar-refractivity contribution in [2.24, 2.45) is 0 Å². The number of rotatable bonds is 4. The third kappa shape index (κ3) is 4.39. The number of nitrogens with zero attached hydrogens (tertiary/aromatic N) is 3. The number of hydrogen-bond donors (Lipinski definition) is 2. The number of anilines is 1. The fourth-order valence-electron chi connectivity index (χ4n) is 3.56. The average Bonchev–Trinajstić information content (AvgIpc) is 2.71. The van der Waals surface area contributed by atoms with E-state index < -0.39 is 21.7 Å². The number of amides is 1. The number of phenols is 1. The molecule has 162 valence electrons. The van der Waals surface area contributed by atoms with Crippen molar-refractivity contribution in [2.45, 2.75) is 19.4 Å². The van der Waals surface area contributed by atoms with Gasteiger partial charge < -0.3 is 10.4 Å². The van der Waals surface area contributed by atoms with Crippen molar-refractivity contribution in [3.05, 3.63) is 57.7 Å². The molecular formula is C20H18Cl2N4O4S. The van der Waals surface area contributed by atoms with E-state index in [1.807, 2.05) is 0 Å². The number of carbonyl (C=O) groups is 1. The van der Waals surface area contributed by atoms with Crippen LogP contribution in [0.15, 0.2) is 36.5 Å². The van der Waals surface area contributed by atoms with Gasteiger partial charge in [0.05, 0.1) is 17.6 Å². The molecule has 1 fully saturated rings. The lowest BCUT2D eigenvalue weighted by Gasteiger charge is -2.30. The van der Waals surface area contributed by atoms with E-state index in [1.165, 1.54) is 16.6 Å². The Hall–Kier alpha value is -2.62. The smallest absolute Gasteiger partial charge is 0.257 e. The van der Waals surface area contributed by atoms with Gasteiger partial charge in [-0.2, -0.15) is 5.10 Å². The molecule has 0 atom stereocenters. The number of phenolic OH excluding ortho intramolecular Hbond substituents is 1. The number of benzene rings is 2. The van der Waals surface area contributed by atoms with Crippen LogP contribution in [0, 0.1) is 0 Å². The molecule has 3 aromatic rings. The van der Waals surface area contributed by atoms with Gasteiger partial charge in [-0.3, -0.25) is 9.10 Å². The number of hydrogen-bond acceptors (Lipinski definition) is 6. The van der Waals surface area contributed by atoms with Gasteiger partial charge in [0.1, 0.15) is 11.1 Å². The van der Waals surface area contributed by atoms with Crippen molar-refractivity contribution < 1.29 is 18.3 Å². The minimum absolute atomic E-state index is 0.0253. The van der Waals surface area contributed by atoms with Crippen molar-refractivity contribution in [1.29, 1.82) is 0 Å². The molecule has 0 saturated carbocycles. The molecule has 0 unspecified atom stereocenters. The molecule has 0 spiro atoms. The first-order chi connectivity index (χ1) is 14.8. The lowest BCUT2D eigenvalue weighted by Crippen LogP contribution is -2.39. The Bertz CT molecular complexity index is 1260. The summed E-state index contributed by atoms with van der Waals surface area (Å²) in [5.41, 5.74) is 0.695. The van der Waals surface area contributed by atoms with Crippen LogP contribution in [0.1, 0.15) is 28.8 Å². The highest BCUT2D eigenvalue weighted by atomic mass is 35.5. The maximum atomic E-state index is 13.1. The quantitative estimate of drug-likeness (QED) is 0.590. The van der Waals surface area contributed by atoms with Crippen molar-refractivity contribution >= 4 is 55.7 Å². The second kappa shape index (κ2) is 8.49. The fraction of sp³-hybridized carbons (Fsp3) is 0.250. The third-order valence-electron chi connectivity index (χ3n) is 4.98. The molecule has 1 saturated heterocycles. The van der Waals surface area contributed by atoms with Gasteiger partial charge in [-0.15, -0.1) is 5.10 Å². The van der Waals surface area contributed by atoms with Crippen LogP contribution in [0.25, 0.3) is 10.9 Å². The zero-order valence-corrected chi connectivity index (χ0v) is 18.5. The molecule has 1 amide bonds. The van der Waals surface area contributed by atoms with Crippen molar-refractivity contribution in [1.82, 2.24) is 15.5 Å². The Morgan fingerprint density at radius 1 is 1.16 bits per heavy atom. The maximum Gasteiger partial charge on any atom is 0.257 e. The molecular weight excluding hydrogens is 463 g/mol. The van der Waals surface area contributed by atoms with Crippen LogP contribution in [0.4, 0.5) is 5.69 Å². The summed E-state index contributed by atoms with van der Waals surface area (Å²) < 4.78 is 26.6. The van der Waals surface area contributed by atoms with Crippen molar-refractivity contribution in [3.8, 4) is 5.75 Å². The second-order valence-corrected chi connectivity index (χ2v) is 10.0. The highest BCUT2D eigenvalue weighted by Gasteiger charge is 2.32. The summed E-state index contributed by atoms with van der Waals surface area (Å²) in [6, 6.07) is 8.00. The Morgan fingerprint density at radius 3 is 2.61 bits per heavy atom. The van der Waals surface area contributed by atoms with E-state index >= 15 is 0 Å². The predicted molar refractivity (Wildman–Crippen MR) is 119 cm³/mol. The highest BCUT2D eigenvalue weighted by Crippen LogP contribution is 2.37. The molecule has 1 aliphatic rings. The number of fused-ring (bicyclic) bond motifs is 1. The van der Waals surface area contributed by atoms with Gasteiger partial charge in [0.25, 0.3) is 5.91 Å². The summed E-state index contributed by atoms with van der Waals surface area (Å²) in [5.74, 6) is -1.11. The average molecular weight is 481 g/mol. The van der Waals surface area contributed by atoms with E-state index in [9.17, 15) is 18.3 Å². The molecule has 8 nitrogen and oxygen atoms in total. The second-order valence-electron chi connectivity index (χ2n) is 7.14. The summed E-state index contributed by atoms with van der Waals surface area (Å²) in [6.45, 7) is 0.291. The number of nitrogens with one attached hydrogen (secondary N) is 1. The summed E-state index contributed by atoms with van der Waals surface area (Å²) in [7, 11) is -3.63. The molecule has 31 heavy (non-hydrogen) atoms. The standard InChI is InChI=1S/C20H18Cl2N4O4S/c21-14-7-12(8-15(22)10-14)11-23-20(28)17-16(26-5-1-2-6-31(26,29)30)9-13-3-4-24-25-18(13)19(17)27/h3-4,7-10,27H,1-2,5-6,11H2,(H,23,28). The SMILES string of the molecule is O=C(NCc1cc(Cl)cc(Cl)c1)c1c(N2CCCCS2(=O)=O)cc2ccnnc2c1O. The molecule has 0 aliphatic carbocycles. The number of halogens is 2. The van der Waals surface area contributed by atoms with Crippen LogP contribution in [-0.4, -0.2) is 41.9 Å². The van der Waals surface area contributed by atoms with Crippen LogP contribution in [0.5, 0.6) is 5.75 Å². The van der Waals surface area contributed by atoms with Gasteiger partial charge >= 0.3 is 0 Å². The predicted octanol–water partition coefficient (Wildman–Crippen LogP) is 3.50. The van der Waals surface area contributed by atoms with E-state index in [1.54, 1.807) is 24.3 Å².